The summed E-state index contributed by atoms with van der Waals surface area (Å²) in [5.74, 6) is -2.58. The molecule has 1 aromatic carbocycles. The van der Waals surface area contributed by atoms with Crippen molar-refractivity contribution in [2.24, 2.45) is 0 Å². The number of aliphatic carboxylic acids is 1. The van der Waals surface area contributed by atoms with Gasteiger partial charge in [0.15, 0.2) is 11.8 Å². The Labute approximate surface area is 97.2 Å². The second kappa shape index (κ2) is 5.40. The summed E-state index contributed by atoms with van der Waals surface area (Å²) in [6.45, 7) is 0. The van der Waals surface area contributed by atoms with Gasteiger partial charge in [-0.1, -0.05) is 0 Å². The molecule has 0 aliphatic rings. The monoisotopic (exact) mass is 241 g/mol. The van der Waals surface area contributed by atoms with Crippen LogP contribution in [0.3, 0.4) is 0 Å². The largest absolute Gasteiger partial charge is 0.496 e. The van der Waals surface area contributed by atoms with Crippen molar-refractivity contribution in [1.82, 2.24) is 5.32 Å². The minimum absolute atomic E-state index is 0.103. The van der Waals surface area contributed by atoms with Crippen molar-refractivity contribution in [2.45, 2.75) is 6.04 Å². The highest BCUT2D eigenvalue weighted by molar-refractivity contribution is 6.12. The number of carboxylic acid groups (broad SMARTS) is 1. The normalized spacial score (nSPS) is 11.9. The molecule has 2 N–H and O–H groups in total. The van der Waals surface area contributed by atoms with Crippen LogP contribution in [-0.2, 0) is 4.79 Å². The number of ether oxygens (including phenoxy) is 1. The third kappa shape index (κ3) is 2.79. The van der Waals surface area contributed by atoms with Gasteiger partial charge in [-0.05, 0) is 25.2 Å². The summed E-state index contributed by atoms with van der Waals surface area (Å²) in [6.07, 6.45) is 0. The smallest absolute Gasteiger partial charge is 0.328 e. The van der Waals surface area contributed by atoms with Crippen molar-refractivity contribution in [3.05, 3.63) is 29.6 Å². The van der Waals surface area contributed by atoms with E-state index in [0.29, 0.717) is 0 Å². The lowest BCUT2D eigenvalue weighted by molar-refractivity contribution is -0.137. The summed E-state index contributed by atoms with van der Waals surface area (Å²) >= 11 is 0. The number of carbonyl (C=O) groups is 2. The van der Waals surface area contributed by atoms with Gasteiger partial charge in [-0.15, -0.1) is 0 Å². The second-order valence-corrected chi connectivity index (χ2v) is 3.27. The van der Waals surface area contributed by atoms with Crippen molar-refractivity contribution < 1.29 is 23.8 Å². The summed E-state index contributed by atoms with van der Waals surface area (Å²) in [5, 5.41) is 11.2. The maximum absolute atomic E-state index is 13.0. The summed E-state index contributed by atoms with van der Waals surface area (Å²) in [6, 6.07) is 1.93. The fraction of sp³-hybridized carbons (Fsp3) is 0.273. The molecule has 0 saturated carbocycles. The Kier molecular flexibility index (Phi) is 4.17. The third-order valence-electron chi connectivity index (χ3n) is 2.22. The fourth-order valence-electron chi connectivity index (χ4n) is 1.39. The van der Waals surface area contributed by atoms with E-state index in [1.165, 1.54) is 20.2 Å². The predicted octanol–water partition coefficient (Wildman–Crippen LogP) is 0.690. The first kappa shape index (κ1) is 13.1. The number of rotatable bonds is 5. The summed E-state index contributed by atoms with van der Waals surface area (Å²) in [7, 11) is 2.65. The van der Waals surface area contributed by atoms with E-state index in [-0.39, 0.29) is 11.3 Å². The van der Waals surface area contributed by atoms with Crippen molar-refractivity contribution in [2.75, 3.05) is 14.2 Å². The quantitative estimate of drug-likeness (QED) is 0.586. The van der Waals surface area contributed by atoms with E-state index < -0.39 is 23.6 Å². The SMILES string of the molecule is CNC(C(=O)O)C(=O)c1cc(F)ccc1OC. The van der Waals surface area contributed by atoms with E-state index in [9.17, 15) is 14.0 Å². The molecule has 1 unspecified atom stereocenters. The van der Waals surface area contributed by atoms with Crippen LogP contribution in [0, 0.1) is 5.82 Å². The zero-order valence-electron chi connectivity index (χ0n) is 9.36. The van der Waals surface area contributed by atoms with Crippen LogP contribution in [0.5, 0.6) is 5.75 Å². The minimum atomic E-state index is -1.43. The first-order valence-corrected chi connectivity index (χ1v) is 4.79. The molecule has 1 atom stereocenters. The van der Waals surface area contributed by atoms with Crippen LogP contribution in [0.25, 0.3) is 0 Å². The Morgan fingerprint density at radius 2 is 2.12 bits per heavy atom. The molecule has 1 aromatic rings. The van der Waals surface area contributed by atoms with Gasteiger partial charge in [0.1, 0.15) is 11.6 Å². The number of ketones is 1. The van der Waals surface area contributed by atoms with Crippen molar-refractivity contribution >= 4 is 11.8 Å². The molecular weight excluding hydrogens is 229 g/mol. The van der Waals surface area contributed by atoms with Gasteiger partial charge in [0.2, 0.25) is 0 Å². The van der Waals surface area contributed by atoms with Gasteiger partial charge in [-0.3, -0.25) is 9.59 Å². The van der Waals surface area contributed by atoms with Crippen LogP contribution in [0.1, 0.15) is 10.4 Å². The minimum Gasteiger partial charge on any atom is -0.496 e. The number of nitrogens with one attached hydrogen (secondary N) is 1. The molecule has 5 nitrogen and oxygen atoms in total. The molecule has 0 aromatic heterocycles. The molecule has 6 heteroatoms. The van der Waals surface area contributed by atoms with E-state index >= 15 is 0 Å². The molecule has 0 fully saturated rings. The molecule has 0 bridgehead atoms. The second-order valence-electron chi connectivity index (χ2n) is 3.27. The standard InChI is InChI=1S/C11H12FNO4/c1-13-9(11(15)16)10(14)7-5-6(12)3-4-8(7)17-2/h3-5,9,13H,1-2H3,(H,15,16). The Morgan fingerprint density at radius 3 is 2.59 bits per heavy atom. The maximum Gasteiger partial charge on any atom is 0.328 e. The van der Waals surface area contributed by atoms with Crippen LogP contribution in [-0.4, -0.2) is 37.1 Å². The van der Waals surface area contributed by atoms with Gasteiger partial charge in [-0.2, -0.15) is 0 Å². The van der Waals surface area contributed by atoms with E-state index in [0.717, 1.165) is 12.1 Å². The molecule has 0 aliphatic heterocycles. The molecule has 1 rings (SSSR count). The molecule has 0 radical (unpaired) electrons. The Hall–Kier alpha value is -1.95. The average Bonchev–Trinajstić information content (AvgIpc) is 2.29. The number of benzene rings is 1. The topological polar surface area (TPSA) is 75.6 Å². The molecule has 0 aliphatic carbocycles. The maximum atomic E-state index is 13.0. The van der Waals surface area contributed by atoms with Gasteiger partial charge in [0, 0.05) is 0 Å². The Balaban J connectivity index is 3.18. The first-order chi connectivity index (χ1) is 8.01. The highest BCUT2D eigenvalue weighted by Gasteiger charge is 2.27. The van der Waals surface area contributed by atoms with Crippen LogP contribution >= 0.6 is 0 Å². The number of likely N-dealkylation sites (N-methyl/N-ethyl adjacent to an activating group) is 1. The van der Waals surface area contributed by atoms with Crippen molar-refractivity contribution in [1.29, 1.82) is 0 Å². The number of hydrogen-bond acceptors (Lipinski definition) is 4. The first-order valence-electron chi connectivity index (χ1n) is 4.79. The number of hydrogen-bond donors (Lipinski definition) is 2. The molecule has 92 valence electrons. The number of carbonyl (C=O) groups excluding carboxylic acids is 1. The zero-order valence-corrected chi connectivity index (χ0v) is 9.36. The van der Waals surface area contributed by atoms with E-state index in [2.05, 4.69) is 5.32 Å². The van der Waals surface area contributed by atoms with E-state index in [4.69, 9.17) is 9.84 Å². The van der Waals surface area contributed by atoms with Crippen LogP contribution in [0.15, 0.2) is 18.2 Å². The van der Waals surface area contributed by atoms with Crippen molar-refractivity contribution in [3.63, 3.8) is 0 Å². The number of carboxylic acids is 1. The number of methoxy groups -OCH3 is 1. The van der Waals surface area contributed by atoms with Gasteiger partial charge in [0.05, 0.1) is 12.7 Å². The van der Waals surface area contributed by atoms with Crippen LogP contribution in [0.4, 0.5) is 4.39 Å². The highest BCUT2D eigenvalue weighted by Crippen LogP contribution is 2.20. The molecule has 0 amide bonds. The fourth-order valence-corrected chi connectivity index (χ4v) is 1.39. The zero-order chi connectivity index (χ0) is 13.0. The van der Waals surface area contributed by atoms with Crippen LogP contribution < -0.4 is 10.1 Å². The predicted molar refractivity (Wildman–Crippen MR) is 57.8 cm³/mol. The van der Waals surface area contributed by atoms with Gasteiger partial charge in [0.25, 0.3) is 0 Å². The Bertz CT molecular complexity index is 447. The molecule has 0 heterocycles. The molecule has 17 heavy (non-hydrogen) atoms. The third-order valence-corrected chi connectivity index (χ3v) is 2.22. The lowest BCUT2D eigenvalue weighted by Crippen LogP contribution is -2.41. The van der Waals surface area contributed by atoms with Gasteiger partial charge < -0.3 is 15.2 Å². The lowest BCUT2D eigenvalue weighted by atomic mass is 10.0. The summed E-state index contributed by atoms with van der Waals surface area (Å²) in [4.78, 5) is 22.7. The molecule has 0 saturated heterocycles. The highest BCUT2D eigenvalue weighted by atomic mass is 19.1. The van der Waals surface area contributed by atoms with E-state index in [1.807, 2.05) is 0 Å². The lowest BCUT2D eigenvalue weighted by Gasteiger charge is -2.12. The average molecular weight is 241 g/mol. The molecular formula is C11H12FNO4. The van der Waals surface area contributed by atoms with E-state index in [1.54, 1.807) is 0 Å². The Morgan fingerprint density at radius 1 is 1.47 bits per heavy atom. The van der Waals surface area contributed by atoms with Gasteiger partial charge in [-0.25, -0.2) is 4.39 Å². The van der Waals surface area contributed by atoms with Gasteiger partial charge >= 0.3 is 5.97 Å². The van der Waals surface area contributed by atoms with Crippen LogP contribution in [0.2, 0.25) is 0 Å². The number of halogens is 1. The molecule has 0 spiro atoms. The van der Waals surface area contributed by atoms with Crippen molar-refractivity contribution in [3.8, 4) is 5.75 Å². The summed E-state index contributed by atoms with van der Waals surface area (Å²) < 4.78 is 17.9. The summed E-state index contributed by atoms with van der Waals surface area (Å²) in [5.41, 5.74) is -0.103. The number of Topliss-reactive ketones (excluding diaryl/α,β-unsaturated/α-hetero) is 1.